The first-order valence-electron chi connectivity index (χ1n) is 8.88. The number of benzene rings is 2. The Morgan fingerprint density at radius 1 is 1.07 bits per heavy atom. The monoisotopic (exact) mass is 407 g/mol. The van der Waals surface area contributed by atoms with Crippen molar-refractivity contribution in [3.8, 4) is 5.75 Å². The highest BCUT2D eigenvalue weighted by Crippen LogP contribution is 2.29. The Bertz CT molecular complexity index is 808. The van der Waals surface area contributed by atoms with Crippen molar-refractivity contribution < 1.29 is 9.53 Å². The van der Waals surface area contributed by atoms with Crippen molar-refractivity contribution in [3.05, 3.63) is 58.1 Å². The molecule has 2 aromatic rings. The van der Waals surface area contributed by atoms with Crippen LogP contribution in [0.1, 0.15) is 18.5 Å². The summed E-state index contributed by atoms with van der Waals surface area (Å²) in [6.45, 7) is 4.75. The number of nitrogens with one attached hydrogen (secondary N) is 1. The van der Waals surface area contributed by atoms with E-state index in [0.717, 1.165) is 30.1 Å². The topological polar surface area (TPSA) is 44.8 Å². The first kappa shape index (κ1) is 19.6. The second-order valence-corrected chi connectivity index (χ2v) is 7.31. The highest BCUT2D eigenvalue weighted by atomic mass is 35.5. The highest BCUT2D eigenvalue weighted by Gasteiger charge is 2.24. The molecule has 5 nitrogen and oxygen atoms in total. The van der Waals surface area contributed by atoms with Gasteiger partial charge in [-0.05, 0) is 36.8 Å². The van der Waals surface area contributed by atoms with Crippen LogP contribution in [0.25, 0.3) is 0 Å². The fourth-order valence-corrected chi connectivity index (χ4v) is 3.49. The molecule has 1 aliphatic rings. The number of hydrogen-bond acceptors (Lipinski definition) is 3. The van der Waals surface area contributed by atoms with Crippen LogP contribution in [0.4, 0.5) is 10.5 Å². The molecule has 0 aromatic heterocycles. The standard InChI is InChI=1S/C20H23Cl2N3O2/c1-14(15-7-8-16(21)17(22)13-15)23-20(26)25-11-9-24(10-12-25)18-5-3-4-6-19(18)27-2/h3-8,13-14H,9-12H2,1-2H3,(H,23,26). The molecule has 1 heterocycles. The summed E-state index contributed by atoms with van der Waals surface area (Å²) in [4.78, 5) is 16.7. The third-order valence-corrected chi connectivity index (χ3v) is 5.52. The van der Waals surface area contributed by atoms with Crippen LogP contribution in [0.2, 0.25) is 10.0 Å². The molecule has 7 heteroatoms. The van der Waals surface area contributed by atoms with Gasteiger partial charge in [-0.1, -0.05) is 41.4 Å². The quantitative estimate of drug-likeness (QED) is 0.805. The number of hydrogen-bond donors (Lipinski definition) is 1. The molecule has 2 aromatic carbocycles. The summed E-state index contributed by atoms with van der Waals surface area (Å²) < 4.78 is 5.44. The van der Waals surface area contributed by atoms with Crippen molar-refractivity contribution in [2.75, 3.05) is 38.2 Å². The molecule has 0 aliphatic carbocycles. The van der Waals surface area contributed by atoms with Crippen molar-refractivity contribution in [2.45, 2.75) is 13.0 Å². The van der Waals surface area contributed by atoms with Crippen LogP contribution in [-0.4, -0.2) is 44.2 Å². The van der Waals surface area contributed by atoms with Gasteiger partial charge < -0.3 is 19.9 Å². The van der Waals surface area contributed by atoms with E-state index < -0.39 is 0 Å². The van der Waals surface area contributed by atoms with Crippen molar-refractivity contribution >= 4 is 34.9 Å². The van der Waals surface area contributed by atoms with Crippen LogP contribution in [0.5, 0.6) is 5.75 Å². The van der Waals surface area contributed by atoms with E-state index >= 15 is 0 Å². The third-order valence-electron chi connectivity index (χ3n) is 4.78. The Morgan fingerprint density at radius 2 is 1.78 bits per heavy atom. The minimum Gasteiger partial charge on any atom is -0.495 e. The number of halogens is 2. The summed E-state index contributed by atoms with van der Waals surface area (Å²) in [7, 11) is 1.67. The molecule has 0 radical (unpaired) electrons. The summed E-state index contributed by atoms with van der Waals surface area (Å²) in [6.07, 6.45) is 0. The lowest BCUT2D eigenvalue weighted by atomic mass is 10.1. The van der Waals surface area contributed by atoms with Gasteiger partial charge in [-0.2, -0.15) is 0 Å². The van der Waals surface area contributed by atoms with Gasteiger partial charge in [-0.3, -0.25) is 0 Å². The van der Waals surface area contributed by atoms with Crippen molar-refractivity contribution in [1.82, 2.24) is 10.2 Å². The molecule has 0 saturated carbocycles. The van der Waals surface area contributed by atoms with Gasteiger partial charge in [0.2, 0.25) is 0 Å². The molecule has 2 amide bonds. The number of carbonyl (C=O) groups is 1. The van der Waals surface area contributed by atoms with Crippen LogP contribution in [0.3, 0.4) is 0 Å². The van der Waals surface area contributed by atoms with Gasteiger partial charge in [-0.25, -0.2) is 4.79 Å². The minimum absolute atomic E-state index is 0.0757. The van der Waals surface area contributed by atoms with E-state index in [1.165, 1.54) is 0 Å². The summed E-state index contributed by atoms with van der Waals surface area (Å²) in [5.74, 6) is 0.851. The lowest BCUT2D eigenvalue weighted by Gasteiger charge is -2.37. The van der Waals surface area contributed by atoms with Gasteiger partial charge in [-0.15, -0.1) is 0 Å². The summed E-state index contributed by atoms with van der Waals surface area (Å²) in [6, 6.07) is 13.1. The maximum Gasteiger partial charge on any atom is 0.317 e. The average Bonchev–Trinajstić information content (AvgIpc) is 2.70. The molecular weight excluding hydrogens is 385 g/mol. The zero-order chi connectivity index (χ0) is 19.4. The van der Waals surface area contributed by atoms with Gasteiger partial charge >= 0.3 is 6.03 Å². The maximum absolute atomic E-state index is 12.6. The third kappa shape index (κ3) is 4.60. The first-order chi connectivity index (χ1) is 13.0. The minimum atomic E-state index is -0.153. The van der Waals surface area contributed by atoms with Crippen molar-refractivity contribution in [1.29, 1.82) is 0 Å². The first-order valence-corrected chi connectivity index (χ1v) is 9.63. The summed E-state index contributed by atoms with van der Waals surface area (Å²) in [5, 5.41) is 4.02. The molecular formula is C20H23Cl2N3O2. The lowest BCUT2D eigenvalue weighted by Crippen LogP contribution is -2.52. The maximum atomic E-state index is 12.6. The van der Waals surface area contributed by atoms with Crippen LogP contribution in [-0.2, 0) is 0 Å². The number of rotatable bonds is 4. The number of ether oxygens (including phenoxy) is 1. The Balaban J connectivity index is 1.57. The molecule has 1 unspecified atom stereocenters. The predicted octanol–water partition coefficient (Wildman–Crippen LogP) is 4.59. The Labute approximate surface area is 169 Å². The van der Waals surface area contributed by atoms with E-state index in [0.29, 0.717) is 23.1 Å². The molecule has 1 fully saturated rings. The second-order valence-electron chi connectivity index (χ2n) is 6.49. The number of urea groups is 1. The Morgan fingerprint density at radius 3 is 2.44 bits per heavy atom. The van der Waals surface area contributed by atoms with Crippen LogP contribution >= 0.6 is 23.2 Å². The largest absolute Gasteiger partial charge is 0.495 e. The van der Waals surface area contributed by atoms with E-state index in [1.54, 1.807) is 19.2 Å². The predicted molar refractivity (Wildman–Crippen MR) is 110 cm³/mol. The zero-order valence-corrected chi connectivity index (χ0v) is 16.9. The fourth-order valence-electron chi connectivity index (χ4n) is 3.18. The van der Waals surface area contributed by atoms with E-state index in [1.807, 2.05) is 42.2 Å². The number of carbonyl (C=O) groups excluding carboxylic acids is 1. The molecule has 3 rings (SSSR count). The van der Waals surface area contributed by atoms with Gasteiger partial charge in [0.15, 0.2) is 0 Å². The van der Waals surface area contributed by atoms with E-state index in [4.69, 9.17) is 27.9 Å². The second kappa shape index (κ2) is 8.72. The van der Waals surface area contributed by atoms with Gasteiger partial charge in [0, 0.05) is 26.2 Å². The van der Waals surface area contributed by atoms with Crippen molar-refractivity contribution in [2.24, 2.45) is 0 Å². The molecule has 1 saturated heterocycles. The molecule has 27 heavy (non-hydrogen) atoms. The normalized spacial score (nSPS) is 15.4. The number of piperazine rings is 1. The molecule has 1 N–H and O–H groups in total. The van der Waals surface area contributed by atoms with Crippen molar-refractivity contribution in [3.63, 3.8) is 0 Å². The lowest BCUT2D eigenvalue weighted by molar-refractivity contribution is 0.191. The van der Waals surface area contributed by atoms with E-state index in [9.17, 15) is 4.79 Å². The SMILES string of the molecule is COc1ccccc1N1CCN(C(=O)NC(C)c2ccc(Cl)c(Cl)c2)CC1. The number of nitrogens with zero attached hydrogens (tertiary/aromatic N) is 2. The summed E-state index contributed by atoms with van der Waals surface area (Å²) in [5.41, 5.74) is 1.98. The molecule has 1 atom stereocenters. The number of para-hydroxylation sites is 2. The smallest absolute Gasteiger partial charge is 0.317 e. The molecule has 1 aliphatic heterocycles. The highest BCUT2D eigenvalue weighted by molar-refractivity contribution is 6.42. The molecule has 0 bridgehead atoms. The Kier molecular flexibility index (Phi) is 6.34. The Hall–Kier alpha value is -2.11. The number of methoxy groups -OCH3 is 1. The number of amides is 2. The van der Waals surface area contributed by atoms with E-state index in [-0.39, 0.29) is 12.1 Å². The van der Waals surface area contributed by atoms with Crippen LogP contribution in [0, 0.1) is 0 Å². The average molecular weight is 408 g/mol. The molecule has 144 valence electrons. The van der Waals surface area contributed by atoms with E-state index in [2.05, 4.69) is 10.2 Å². The fraction of sp³-hybridized carbons (Fsp3) is 0.350. The zero-order valence-electron chi connectivity index (χ0n) is 15.4. The van der Waals surface area contributed by atoms with Gasteiger partial charge in [0.1, 0.15) is 5.75 Å². The van der Waals surface area contributed by atoms with Gasteiger partial charge in [0.25, 0.3) is 0 Å². The van der Waals surface area contributed by atoms with Crippen LogP contribution < -0.4 is 15.0 Å². The van der Waals surface area contributed by atoms with Crippen LogP contribution in [0.15, 0.2) is 42.5 Å². The number of anilines is 1. The molecule has 0 spiro atoms. The summed E-state index contributed by atoms with van der Waals surface area (Å²) >= 11 is 12.0. The van der Waals surface area contributed by atoms with Gasteiger partial charge in [0.05, 0.1) is 28.9 Å².